The van der Waals surface area contributed by atoms with Gasteiger partial charge in [-0.1, -0.05) is 13.8 Å². The van der Waals surface area contributed by atoms with Crippen LogP contribution < -0.4 is 4.74 Å². The third-order valence-corrected chi connectivity index (χ3v) is 4.38. The van der Waals surface area contributed by atoms with Crippen molar-refractivity contribution in [3.8, 4) is 5.75 Å². The molecule has 1 aromatic rings. The molecule has 0 spiro atoms. The lowest BCUT2D eigenvalue weighted by Gasteiger charge is -2.37. The van der Waals surface area contributed by atoms with Gasteiger partial charge in [0, 0.05) is 25.2 Å². The monoisotopic (exact) mass is 362 g/mol. The number of methoxy groups -OCH3 is 1. The topological polar surface area (TPSA) is 45.1 Å². The third-order valence-electron chi connectivity index (χ3n) is 4.09. The largest absolute Gasteiger partial charge is 0.496 e. The van der Waals surface area contributed by atoms with Gasteiger partial charge < -0.3 is 14.7 Å². The molecule has 0 bridgehead atoms. The zero-order valence-corrected chi connectivity index (χ0v) is 15.7. The summed E-state index contributed by atoms with van der Waals surface area (Å²) in [4.78, 5) is 6.21. The molecule has 0 saturated carbocycles. The molecule has 0 fully saturated rings. The molecule has 1 N–H and O–H groups in total. The second-order valence-corrected chi connectivity index (χ2v) is 6.55. The fraction of sp³-hybridized carbons (Fsp3) is 0.588. The molecule has 0 aliphatic heterocycles. The van der Waals surface area contributed by atoms with Crippen molar-refractivity contribution in [2.45, 2.75) is 38.7 Å². The third kappa shape index (κ3) is 3.98. The van der Waals surface area contributed by atoms with E-state index in [2.05, 4.69) is 4.99 Å². The molecule has 4 nitrogen and oxygen atoms in total. The zero-order valence-electron chi connectivity index (χ0n) is 14.9. The number of hydrogen-bond acceptors (Lipinski definition) is 3. The predicted octanol–water partition coefficient (Wildman–Crippen LogP) is 4.29. The van der Waals surface area contributed by atoms with E-state index >= 15 is 0 Å². The summed E-state index contributed by atoms with van der Waals surface area (Å²) in [6.45, 7) is 7.45. The van der Waals surface area contributed by atoms with Crippen LogP contribution in [-0.4, -0.2) is 42.4 Å². The fourth-order valence-electron chi connectivity index (χ4n) is 2.32. The van der Waals surface area contributed by atoms with Crippen molar-refractivity contribution in [3.63, 3.8) is 0 Å². The molecule has 1 atom stereocenters. The van der Waals surface area contributed by atoms with Crippen molar-refractivity contribution in [1.29, 1.82) is 0 Å². The van der Waals surface area contributed by atoms with Gasteiger partial charge >= 0.3 is 5.38 Å². The molecular weight excluding hydrogens is 338 g/mol. The van der Waals surface area contributed by atoms with Gasteiger partial charge in [-0.05, 0) is 43.0 Å². The highest BCUT2D eigenvalue weighted by Crippen LogP contribution is 2.49. The Balaban J connectivity index is 3.51. The number of aryl methyl sites for hydroxylation is 1. The van der Waals surface area contributed by atoms with Crippen molar-refractivity contribution < 1.29 is 18.6 Å². The lowest BCUT2D eigenvalue weighted by atomic mass is 9.82. The Labute approximate surface area is 147 Å². The number of halogens is 3. The number of alkyl halides is 3. The van der Waals surface area contributed by atoms with Gasteiger partial charge in [0.05, 0.1) is 19.1 Å². The van der Waals surface area contributed by atoms with Crippen LogP contribution >= 0.6 is 11.6 Å². The van der Waals surface area contributed by atoms with Crippen LogP contribution in [0.2, 0.25) is 0 Å². The highest BCUT2D eigenvalue weighted by atomic mass is 35.5. The smallest absolute Gasteiger partial charge is 0.354 e. The van der Waals surface area contributed by atoms with E-state index in [9.17, 15) is 13.9 Å². The Bertz CT molecular complexity index is 603. The minimum atomic E-state index is -3.85. The highest BCUT2D eigenvalue weighted by molar-refractivity contribution is 6.22. The van der Waals surface area contributed by atoms with E-state index in [1.54, 1.807) is 13.3 Å². The van der Waals surface area contributed by atoms with E-state index in [-0.39, 0.29) is 11.3 Å². The lowest BCUT2D eigenvalue weighted by Crippen LogP contribution is -2.46. The molecule has 0 aliphatic carbocycles. The fourth-order valence-corrected chi connectivity index (χ4v) is 2.64. The number of aliphatic hydroxyl groups is 1. The number of hydrogen-bond donors (Lipinski definition) is 1. The van der Waals surface area contributed by atoms with E-state index in [0.717, 1.165) is 6.54 Å². The molecule has 0 saturated heterocycles. The summed E-state index contributed by atoms with van der Waals surface area (Å²) in [5.41, 5.74) is -1.42. The second-order valence-electron chi connectivity index (χ2n) is 6.08. The molecule has 1 rings (SSSR count). The first-order valence-corrected chi connectivity index (χ1v) is 8.09. The summed E-state index contributed by atoms with van der Waals surface area (Å²) < 4.78 is 33.2. The van der Waals surface area contributed by atoms with Crippen LogP contribution in [0.15, 0.2) is 17.1 Å². The van der Waals surface area contributed by atoms with Gasteiger partial charge in [0.2, 0.25) is 0 Å². The van der Waals surface area contributed by atoms with Crippen molar-refractivity contribution in [3.05, 3.63) is 23.3 Å². The number of aliphatic imine (C=N–C) groups is 1. The summed E-state index contributed by atoms with van der Waals surface area (Å²) in [5, 5.41) is 6.82. The summed E-state index contributed by atoms with van der Waals surface area (Å²) >= 11 is 5.24. The number of nitrogens with zero attached hydrogens (tertiary/aromatic N) is 2. The maximum Gasteiger partial charge on any atom is 0.354 e. The highest BCUT2D eigenvalue weighted by Gasteiger charge is 2.56. The molecule has 0 aromatic heterocycles. The molecule has 7 heteroatoms. The standard InChI is InChI=1S/C17H25ClF2N2O2/c1-7-22(5)10-21-14-9-15(24-6)13(8-12(14)4)16(23,11(2)3)17(18,19)20/h8-11,23H,7H2,1-6H3/b21-10+. The van der Waals surface area contributed by atoms with Crippen molar-refractivity contribution in [2.24, 2.45) is 10.9 Å². The van der Waals surface area contributed by atoms with E-state index in [4.69, 9.17) is 16.3 Å². The minimum Gasteiger partial charge on any atom is -0.496 e. The summed E-state index contributed by atoms with van der Waals surface area (Å²) in [6.07, 6.45) is 1.65. The number of rotatable bonds is 7. The Hall–Kier alpha value is -1.40. The Morgan fingerprint density at radius 3 is 2.42 bits per heavy atom. The Kier molecular flexibility index (Phi) is 6.59. The summed E-state index contributed by atoms with van der Waals surface area (Å²) in [6, 6.07) is 2.98. The van der Waals surface area contributed by atoms with E-state index in [0.29, 0.717) is 11.3 Å². The van der Waals surface area contributed by atoms with Gasteiger partial charge in [0.15, 0.2) is 5.60 Å². The van der Waals surface area contributed by atoms with Crippen LogP contribution in [0, 0.1) is 12.8 Å². The first kappa shape index (κ1) is 20.6. The van der Waals surface area contributed by atoms with Gasteiger partial charge in [-0.2, -0.15) is 8.78 Å². The summed E-state index contributed by atoms with van der Waals surface area (Å²) in [5.74, 6) is -0.720. The van der Waals surface area contributed by atoms with Crippen LogP contribution in [0.3, 0.4) is 0 Å². The van der Waals surface area contributed by atoms with E-state index < -0.39 is 16.9 Å². The first-order chi connectivity index (χ1) is 11.0. The maximum atomic E-state index is 14.0. The second kappa shape index (κ2) is 7.66. The molecule has 0 aliphatic rings. The van der Waals surface area contributed by atoms with Crippen LogP contribution in [0.5, 0.6) is 5.75 Å². The average Bonchev–Trinajstić information content (AvgIpc) is 2.50. The van der Waals surface area contributed by atoms with Crippen LogP contribution in [-0.2, 0) is 5.60 Å². The number of ether oxygens (including phenoxy) is 1. The lowest BCUT2D eigenvalue weighted by molar-refractivity contribution is -0.160. The molecular formula is C17H25ClF2N2O2. The van der Waals surface area contributed by atoms with E-state index in [1.165, 1.54) is 33.1 Å². The van der Waals surface area contributed by atoms with Gasteiger partial charge in [0.1, 0.15) is 5.75 Å². The van der Waals surface area contributed by atoms with Crippen LogP contribution in [0.4, 0.5) is 14.5 Å². The maximum absolute atomic E-state index is 14.0. The zero-order chi connectivity index (χ0) is 18.7. The Morgan fingerprint density at radius 2 is 2.00 bits per heavy atom. The molecule has 0 radical (unpaired) electrons. The van der Waals surface area contributed by atoms with Crippen LogP contribution in [0.1, 0.15) is 31.9 Å². The summed E-state index contributed by atoms with van der Waals surface area (Å²) in [7, 11) is 3.23. The molecule has 0 heterocycles. The van der Waals surface area contributed by atoms with Crippen molar-refractivity contribution in [1.82, 2.24) is 4.90 Å². The molecule has 1 unspecified atom stereocenters. The van der Waals surface area contributed by atoms with Crippen molar-refractivity contribution in [2.75, 3.05) is 20.7 Å². The first-order valence-electron chi connectivity index (χ1n) is 7.71. The molecule has 1 aromatic carbocycles. The van der Waals surface area contributed by atoms with Gasteiger partial charge in [-0.15, -0.1) is 0 Å². The van der Waals surface area contributed by atoms with E-state index in [1.807, 2.05) is 18.9 Å². The van der Waals surface area contributed by atoms with Crippen LogP contribution in [0.25, 0.3) is 0 Å². The Morgan fingerprint density at radius 1 is 1.42 bits per heavy atom. The number of benzene rings is 1. The minimum absolute atomic E-state index is 0.0553. The molecule has 0 amide bonds. The quantitative estimate of drug-likeness (QED) is 0.447. The average molecular weight is 363 g/mol. The van der Waals surface area contributed by atoms with Gasteiger partial charge in [-0.3, -0.25) is 0 Å². The van der Waals surface area contributed by atoms with Crippen molar-refractivity contribution >= 4 is 23.6 Å². The normalized spacial score (nSPS) is 15.0. The molecule has 24 heavy (non-hydrogen) atoms. The molecule has 136 valence electrons. The van der Waals surface area contributed by atoms with Gasteiger partial charge in [-0.25, -0.2) is 4.99 Å². The van der Waals surface area contributed by atoms with Gasteiger partial charge in [0.25, 0.3) is 0 Å². The SMILES string of the molecule is CCN(C)/C=N/c1cc(OC)c(C(O)(C(C)C)C(F)(F)Cl)cc1C. The predicted molar refractivity (Wildman–Crippen MR) is 93.7 cm³/mol.